The van der Waals surface area contributed by atoms with Gasteiger partial charge in [-0.25, -0.2) is 4.98 Å². The molecule has 1 fully saturated rings. The van der Waals surface area contributed by atoms with Gasteiger partial charge in [-0.05, 0) is 18.4 Å². The Morgan fingerprint density at radius 2 is 2.10 bits per heavy atom. The molecule has 21 heavy (non-hydrogen) atoms. The van der Waals surface area contributed by atoms with Crippen LogP contribution in [0.5, 0.6) is 0 Å². The standard InChI is InChI=1S/C17H22N2OS/c20-12-15(13-5-2-1-3-6-13)9-18-10-16-11-19-17(21-16)14-7-4-8-14/h1-3,5-6,11,14-15,18,20H,4,7-10,12H2/t15-/m1/s1. The van der Waals surface area contributed by atoms with E-state index in [9.17, 15) is 5.11 Å². The van der Waals surface area contributed by atoms with Crippen molar-refractivity contribution in [2.75, 3.05) is 13.2 Å². The average Bonchev–Trinajstić information content (AvgIpc) is 2.91. The van der Waals surface area contributed by atoms with Crippen LogP contribution < -0.4 is 5.32 Å². The van der Waals surface area contributed by atoms with Crippen molar-refractivity contribution in [3.8, 4) is 0 Å². The maximum Gasteiger partial charge on any atom is 0.0959 e. The number of aromatic nitrogens is 1. The van der Waals surface area contributed by atoms with E-state index in [-0.39, 0.29) is 12.5 Å². The second-order valence-electron chi connectivity index (χ2n) is 5.71. The van der Waals surface area contributed by atoms with Crippen LogP contribution in [0.1, 0.15) is 46.5 Å². The van der Waals surface area contributed by atoms with Crippen molar-refractivity contribution in [1.29, 1.82) is 0 Å². The van der Waals surface area contributed by atoms with E-state index in [0.29, 0.717) is 0 Å². The summed E-state index contributed by atoms with van der Waals surface area (Å²) in [5.41, 5.74) is 1.19. The summed E-state index contributed by atoms with van der Waals surface area (Å²) < 4.78 is 0. The van der Waals surface area contributed by atoms with Crippen molar-refractivity contribution < 1.29 is 5.11 Å². The third-order valence-electron chi connectivity index (χ3n) is 4.21. The Labute approximate surface area is 130 Å². The highest BCUT2D eigenvalue weighted by Gasteiger charge is 2.22. The maximum atomic E-state index is 9.54. The molecule has 2 aromatic rings. The van der Waals surface area contributed by atoms with E-state index >= 15 is 0 Å². The van der Waals surface area contributed by atoms with Crippen molar-refractivity contribution >= 4 is 11.3 Å². The first-order valence-electron chi connectivity index (χ1n) is 7.68. The largest absolute Gasteiger partial charge is 0.396 e. The van der Waals surface area contributed by atoms with Crippen LogP contribution >= 0.6 is 11.3 Å². The summed E-state index contributed by atoms with van der Waals surface area (Å²) in [5, 5.41) is 14.3. The lowest BCUT2D eigenvalue weighted by molar-refractivity contribution is 0.261. The second-order valence-corrected chi connectivity index (χ2v) is 6.86. The first kappa shape index (κ1) is 14.7. The van der Waals surface area contributed by atoms with E-state index in [0.717, 1.165) is 19.0 Å². The zero-order valence-electron chi connectivity index (χ0n) is 12.2. The van der Waals surface area contributed by atoms with E-state index in [4.69, 9.17) is 0 Å². The number of hydrogen-bond donors (Lipinski definition) is 2. The third-order valence-corrected chi connectivity index (χ3v) is 5.37. The van der Waals surface area contributed by atoms with Crippen LogP contribution in [0.2, 0.25) is 0 Å². The number of hydrogen-bond acceptors (Lipinski definition) is 4. The topological polar surface area (TPSA) is 45.1 Å². The first-order valence-corrected chi connectivity index (χ1v) is 8.49. The predicted molar refractivity (Wildman–Crippen MR) is 86.7 cm³/mol. The van der Waals surface area contributed by atoms with Crippen LogP contribution in [-0.2, 0) is 6.54 Å². The van der Waals surface area contributed by atoms with Crippen molar-refractivity contribution in [3.63, 3.8) is 0 Å². The Bertz CT molecular complexity index is 551. The molecule has 0 amide bonds. The molecule has 2 N–H and O–H groups in total. The zero-order chi connectivity index (χ0) is 14.5. The molecular formula is C17H22N2OS. The lowest BCUT2D eigenvalue weighted by Crippen LogP contribution is -2.23. The smallest absolute Gasteiger partial charge is 0.0959 e. The molecule has 3 nitrogen and oxygen atoms in total. The summed E-state index contributed by atoms with van der Waals surface area (Å²) >= 11 is 1.84. The van der Waals surface area contributed by atoms with Gasteiger partial charge in [0.05, 0.1) is 11.6 Å². The molecule has 4 heteroatoms. The third kappa shape index (κ3) is 3.70. The number of aliphatic hydroxyl groups is 1. The Kier molecular flexibility index (Phi) is 5.01. The van der Waals surface area contributed by atoms with E-state index < -0.39 is 0 Å². The van der Waals surface area contributed by atoms with Crippen LogP contribution in [0.4, 0.5) is 0 Å². The number of benzene rings is 1. The highest BCUT2D eigenvalue weighted by atomic mass is 32.1. The fourth-order valence-corrected chi connectivity index (χ4v) is 3.69. The van der Waals surface area contributed by atoms with Crippen molar-refractivity contribution in [2.24, 2.45) is 0 Å². The Morgan fingerprint density at radius 1 is 1.29 bits per heavy atom. The minimum absolute atomic E-state index is 0.158. The summed E-state index contributed by atoms with van der Waals surface area (Å²) in [6.45, 7) is 1.80. The van der Waals surface area contributed by atoms with Gasteiger partial charge in [0.2, 0.25) is 0 Å². The number of nitrogens with zero attached hydrogens (tertiary/aromatic N) is 1. The number of nitrogens with one attached hydrogen (secondary N) is 1. The van der Waals surface area contributed by atoms with Crippen LogP contribution in [-0.4, -0.2) is 23.2 Å². The lowest BCUT2D eigenvalue weighted by Gasteiger charge is -2.22. The minimum atomic E-state index is 0.158. The number of thiazole rings is 1. The van der Waals surface area contributed by atoms with Gasteiger partial charge < -0.3 is 10.4 Å². The van der Waals surface area contributed by atoms with Gasteiger partial charge >= 0.3 is 0 Å². The SMILES string of the molecule is OC[C@@H](CNCc1cnc(C2CCC2)s1)c1ccccc1. The fraction of sp³-hybridized carbons (Fsp3) is 0.471. The zero-order valence-corrected chi connectivity index (χ0v) is 13.0. The summed E-state index contributed by atoms with van der Waals surface area (Å²) in [5.74, 6) is 0.878. The highest BCUT2D eigenvalue weighted by molar-refractivity contribution is 7.11. The molecule has 0 spiro atoms. The van der Waals surface area contributed by atoms with Gasteiger partial charge in [-0.2, -0.15) is 0 Å². The van der Waals surface area contributed by atoms with Gasteiger partial charge in [-0.3, -0.25) is 0 Å². The minimum Gasteiger partial charge on any atom is -0.396 e. The summed E-state index contributed by atoms with van der Waals surface area (Å²) in [7, 11) is 0. The van der Waals surface area contributed by atoms with E-state index in [1.165, 1.54) is 34.7 Å². The molecule has 1 aromatic heterocycles. The second kappa shape index (κ2) is 7.16. The van der Waals surface area contributed by atoms with Gasteiger partial charge in [0.15, 0.2) is 0 Å². The van der Waals surface area contributed by atoms with Crippen molar-refractivity contribution in [1.82, 2.24) is 10.3 Å². The highest BCUT2D eigenvalue weighted by Crippen LogP contribution is 2.38. The monoisotopic (exact) mass is 302 g/mol. The van der Waals surface area contributed by atoms with Crippen LogP contribution in [0.3, 0.4) is 0 Å². The molecule has 0 bridgehead atoms. The molecule has 0 radical (unpaired) electrons. The summed E-state index contributed by atoms with van der Waals surface area (Å²) in [6, 6.07) is 10.2. The molecule has 1 saturated carbocycles. The van der Waals surface area contributed by atoms with E-state index in [2.05, 4.69) is 22.4 Å². The Morgan fingerprint density at radius 3 is 2.76 bits per heavy atom. The van der Waals surface area contributed by atoms with E-state index in [1.807, 2.05) is 35.7 Å². The lowest BCUT2D eigenvalue weighted by atomic mass is 9.86. The van der Waals surface area contributed by atoms with Crippen LogP contribution in [0, 0.1) is 0 Å². The molecule has 0 aliphatic heterocycles. The Hall–Kier alpha value is -1.23. The van der Waals surface area contributed by atoms with Gasteiger partial charge in [0.1, 0.15) is 0 Å². The number of rotatable bonds is 7. The molecule has 1 aliphatic carbocycles. The van der Waals surface area contributed by atoms with Crippen molar-refractivity contribution in [2.45, 2.75) is 37.6 Å². The van der Waals surface area contributed by atoms with Gasteiger partial charge in [-0.1, -0.05) is 36.8 Å². The normalized spacial score (nSPS) is 16.6. The Balaban J connectivity index is 1.49. The summed E-state index contributed by atoms with van der Waals surface area (Å²) in [4.78, 5) is 5.84. The summed E-state index contributed by atoms with van der Waals surface area (Å²) in [6.07, 6.45) is 5.97. The molecule has 1 heterocycles. The predicted octanol–water partition coefficient (Wildman–Crippen LogP) is 3.28. The molecule has 1 atom stereocenters. The van der Waals surface area contributed by atoms with Gasteiger partial charge in [0, 0.05) is 36.0 Å². The molecule has 1 aromatic carbocycles. The molecule has 1 aliphatic rings. The van der Waals surface area contributed by atoms with Crippen LogP contribution in [0.25, 0.3) is 0 Å². The average molecular weight is 302 g/mol. The molecule has 3 rings (SSSR count). The number of aliphatic hydroxyl groups excluding tert-OH is 1. The van der Waals surface area contributed by atoms with Crippen molar-refractivity contribution in [3.05, 3.63) is 52.0 Å². The van der Waals surface area contributed by atoms with Crippen LogP contribution in [0.15, 0.2) is 36.5 Å². The first-order chi connectivity index (χ1) is 10.4. The van der Waals surface area contributed by atoms with E-state index in [1.54, 1.807) is 0 Å². The molecule has 0 unspecified atom stereocenters. The fourth-order valence-electron chi connectivity index (χ4n) is 2.63. The van der Waals surface area contributed by atoms with Gasteiger partial charge in [0.25, 0.3) is 0 Å². The molecular weight excluding hydrogens is 280 g/mol. The molecule has 112 valence electrons. The quantitative estimate of drug-likeness (QED) is 0.825. The van der Waals surface area contributed by atoms with Gasteiger partial charge in [-0.15, -0.1) is 11.3 Å². The molecule has 0 saturated heterocycles. The maximum absolute atomic E-state index is 9.54.